The van der Waals surface area contributed by atoms with Crippen LogP contribution in [-0.4, -0.2) is 43.7 Å². The number of para-hydroxylation sites is 2. The molecule has 0 aliphatic carbocycles. The maximum Gasteiger partial charge on any atom is 0.191 e. The van der Waals surface area contributed by atoms with Crippen molar-refractivity contribution in [2.45, 2.75) is 32.9 Å². The van der Waals surface area contributed by atoms with Gasteiger partial charge in [0.25, 0.3) is 0 Å². The lowest BCUT2D eigenvalue weighted by atomic mass is 10.2. The van der Waals surface area contributed by atoms with Crippen LogP contribution in [-0.2, 0) is 6.54 Å². The van der Waals surface area contributed by atoms with Crippen LogP contribution in [0.15, 0.2) is 35.5 Å². The van der Waals surface area contributed by atoms with E-state index in [1.807, 2.05) is 25.3 Å². The molecule has 0 saturated carbocycles. The van der Waals surface area contributed by atoms with E-state index in [-0.39, 0.29) is 0 Å². The summed E-state index contributed by atoms with van der Waals surface area (Å²) in [5, 5.41) is 8.00. The minimum absolute atomic E-state index is 0.362. The van der Waals surface area contributed by atoms with E-state index in [2.05, 4.69) is 39.6 Å². The fourth-order valence-corrected chi connectivity index (χ4v) is 3.86. The molecular weight excluding hydrogens is 346 g/mol. The van der Waals surface area contributed by atoms with E-state index in [1.54, 1.807) is 18.4 Å². The number of anilines is 1. The van der Waals surface area contributed by atoms with Crippen LogP contribution in [0.1, 0.15) is 23.2 Å². The van der Waals surface area contributed by atoms with Gasteiger partial charge in [-0.2, -0.15) is 0 Å². The minimum atomic E-state index is 0.362. The number of hydrogen-bond acceptors (Lipinski definition) is 5. The largest absolute Gasteiger partial charge is 0.495 e. The van der Waals surface area contributed by atoms with E-state index in [9.17, 15) is 0 Å². The topological polar surface area (TPSA) is 61.8 Å². The number of nitrogens with one attached hydrogen (secondary N) is 2. The molecule has 2 heterocycles. The minimum Gasteiger partial charge on any atom is -0.495 e. The highest BCUT2D eigenvalue weighted by Crippen LogP contribution is 2.30. The van der Waals surface area contributed by atoms with E-state index in [0.29, 0.717) is 12.6 Å². The summed E-state index contributed by atoms with van der Waals surface area (Å²) in [5.74, 6) is 1.79. The first-order valence-electron chi connectivity index (χ1n) is 9.03. The molecule has 1 aliphatic rings. The Morgan fingerprint density at radius 2 is 2.27 bits per heavy atom. The molecule has 0 amide bonds. The zero-order valence-electron chi connectivity index (χ0n) is 15.7. The molecule has 1 aromatic carbocycles. The lowest BCUT2D eigenvalue weighted by molar-refractivity contribution is 0.415. The quantitative estimate of drug-likeness (QED) is 0.602. The first kappa shape index (κ1) is 18.5. The number of guanidine groups is 1. The molecule has 1 unspecified atom stereocenters. The predicted molar refractivity (Wildman–Crippen MR) is 108 cm³/mol. The lowest BCUT2D eigenvalue weighted by Crippen LogP contribution is -2.44. The van der Waals surface area contributed by atoms with Crippen LogP contribution in [0.5, 0.6) is 5.75 Å². The molecule has 26 heavy (non-hydrogen) atoms. The number of benzene rings is 1. The molecule has 0 radical (unpaired) electrons. The van der Waals surface area contributed by atoms with Gasteiger partial charge in [-0.1, -0.05) is 12.1 Å². The highest BCUT2D eigenvalue weighted by atomic mass is 32.1. The van der Waals surface area contributed by atoms with Crippen LogP contribution in [0.2, 0.25) is 0 Å². The van der Waals surface area contributed by atoms with Crippen molar-refractivity contribution in [1.82, 2.24) is 15.6 Å². The molecule has 0 spiro atoms. The summed E-state index contributed by atoms with van der Waals surface area (Å²) in [6.07, 6.45) is 2.98. The van der Waals surface area contributed by atoms with Crippen molar-refractivity contribution in [3.8, 4) is 5.75 Å². The second-order valence-electron chi connectivity index (χ2n) is 6.29. The van der Waals surface area contributed by atoms with Gasteiger partial charge in [-0.05, 0) is 32.4 Å². The number of aromatic nitrogens is 1. The van der Waals surface area contributed by atoms with Gasteiger partial charge in [0.05, 0.1) is 24.3 Å². The van der Waals surface area contributed by atoms with E-state index in [1.165, 1.54) is 4.88 Å². The number of aliphatic imine (C=N–C) groups is 1. The van der Waals surface area contributed by atoms with Gasteiger partial charge >= 0.3 is 0 Å². The van der Waals surface area contributed by atoms with Crippen molar-refractivity contribution < 1.29 is 4.74 Å². The van der Waals surface area contributed by atoms with Crippen molar-refractivity contribution >= 4 is 23.0 Å². The second-order valence-corrected chi connectivity index (χ2v) is 7.61. The molecule has 0 bridgehead atoms. The SMILES string of the molecule is CCNC(=NCc1cnc(C)s1)NC1CCN(c2ccccc2OC)C1. The van der Waals surface area contributed by atoms with E-state index >= 15 is 0 Å². The Morgan fingerprint density at radius 1 is 1.42 bits per heavy atom. The average Bonchev–Trinajstić information content (AvgIpc) is 3.29. The van der Waals surface area contributed by atoms with Gasteiger partial charge in [-0.15, -0.1) is 11.3 Å². The maximum absolute atomic E-state index is 5.50. The van der Waals surface area contributed by atoms with Gasteiger partial charge in [0.1, 0.15) is 5.75 Å². The van der Waals surface area contributed by atoms with Crippen LogP contribution < -0.4 is 20.3 Å². The molecule has 6 nitrogen and oxygen atoms in total. The van der Waals surface area contributed by atoms with Gasteiger partial charge in [0, 0.05) is 36.8 Å². The van der Waals surface area contributed by atoms with Crippen molar-refractivity contribution in [1.29, 1.82) is 0 Å². The molecular formula is C19H27N5OS. The van der Waals surface area contributed by atoms with Gasteiger partial charge in [-0.3, -0.25) is 0 Å². The smallest absolute Gasteiger partial charge is 0.191 e. The van der Waals surface area contributed by atoms with Crippen LogP contribution in [0.3, 0.4) is 0 Å². The number of rotatable bonds is 6. The zero-order valence-corrected chi connectivity index (χ0v) is 16.5. The van der Waals surface area contributed by atoms with Crippen molar-refractivity contribution in [3.63, 3.8) is 0 Å². The molecule has 2 N–H and O–H groups in total. The number of nitrogens with zero attached hydrogens (tertiary/aromatic N) is 3. The van der Waals surface area contributed by atoms with Crippen LogP contribution in [0.4, 0.5) is 5.69 Å². The Kier molecular flexibility index (Phi) is 6.33. The molecule has 1 aliphatic heterocycles. The van der Waals surface area contributed by atoms with Gasteiger partial charge in [0.15, 0.2) is 5.96 Å². The first-order chi connectivity index (χ1) is 12.7. The molecule has 2 aromatic rings. The summed E-state index contributed by atoms with van der Waals surface area (Å²) in [5.41, 5.74) is 1.15. The zero-order chi connectivity index (χ0) is 18.4. The Hall–Kier alpha value is -2.28. The first-order valence-corrected chi connectivity index (χ1v) is 9.85. The molecule has 7 heteroatoms. The van der Waals surface area contributed by atoms with E-state index < -0.39 is 0 Å². The Bertz CT molecular complexity index is 745. The number of methoxy groups -OCH3 is 1. The third-order valence-corrected chi connectivity index (χ3v) is 5.26. The van der Waals surface area contributed by atoms with Gasteiger partial charge in [0.2, 0.25) is 0 Å². The van der Waals surface area contributed by atoms with Gasteiger partial charge < -0.3 is 20.3 Å². The number of ether oxygens (including phenoxy) is 1. The fourth-order valence-electron chi connectivity index (χ4n) is 3.14. The summed E-state index contributed by atoms with van der Waals surface area (Å²) in [4.78, 5) is 12.6. The molecule has 140 valence electrons. The predicted octanol–water partition coefficient (Wildman–Crippen LogP) is 2.79. The summed E-state index contributed by atoms with van der Waals surface area (Å²) < 4.78 is 5.50. The van der Waals surface area contributed by atoms with E-state index in [4.69, 9.17) is 9.73 Å². The van der Waals surface area contributed by atoms with Crippen molar-refractivity contribution in [2.24, 2.45) is 4.99 Å². The van der Waals surface area contributed by atoms with Crippen LogP contribution >= 0.6 is 11.3 Å². The lowest BCUT2D eigenvalue weighted by Gasteiger charge is -2.22. The Balaban J connectivity index is 1.61. The molecule has 1 fully saturated rings. The third kappa shape index (κ3) is 4.66. The summed E-state index contributed by atoms with van der Waals surface area (Å²) in [7, 11) is 1.72. The molecule has 1 saturated heterocycles. The summed E-state index contributed by atoms with van der Waals surface area (Å²) in [6, 6.07) is 8.55. The normalized spacial score (nSPS) is 17.4. The molecule has 3 rings (SSSR count). The average molecular weight is 374 g/mol. The standard InChI is InChI=1S/C19H27N5OS/c1-4-20-19(22-12-16-11-21-14(2)26-16)23-15-9-10-24(13-15)17-7-5-6-8-18(17)25-3/h5-8,11,15H,4,9-10,12-13H2,1-3H3,(H2,20,22,23). The maximum atomic E-state index is 5.50. The summed E-state index contributed by atoms with van der Waals surface area (Å²) in [6.45, 7) is 7.55. The third-order valence-electron chi connectivity index (χ3n) is 4.36. The monoisotopic (exact) mass is 373 g/mol. The summed E-state index contributed by atoms with van der Waals surface area (Å²) >= 11 is 1.70. The Morgan fingerprint density at radius 3 is 3.00 bits per heavy atom. The van der Waals surface area contributed by atoms with Crippen LogP contribution in [0, 0.1) is 6.92 Å². The van der Waals surface area contributed by atoms with Crippen molar-refractivity contribution in [2.75, 3.05) is 31.6 Å². The highest BCUT2D eigenvalue weighted by Gasteiger charge is 2.25. The second kappa shape index (κ2) is 8.89. The highest BCUT2D eigenvalue weighted by molar-refractivity contribution is 7.11. The van der Waals surface area contributed by atoms with Crippen LogP contribution in [0.25, 0.3) is 0 Å². The van der Waals surface area contributed by atoms with Gasteiger partial charge in [-0.25, -0.2) is 9.98 Å². The molecule has 1 atom stereocenters. The Labute approximate surface area is 159 Å². The molecule has 1 aromatic heterocycles. The van der Waals surface area contributed by atoms with E-state index in [0.717, 1.165) is 48.5 Å². The number of thiazole rings is 1. The van der Waals surface area contributed by atoms with Crippen molar-refractivity contribution in [3.05, 3.63) is 40.3 Å². The number of aryl methyl sites for hydroxylation is 1. The number of hydrogen-bond donors (Lipinski definition) is 2. The fraction of sp³-hybridized carbons (Fsp3) is 0.474.